The predicted molar refractivity (Wildman–Crippen MR) is 128 cm³/mol. The Morgan fingerprint density at radius 1 is 1.13 bits per heavy atom. The summed E-state index contributed by atoms with van der Waals surface area (Å²) < 4.78 is 25.8. The summed E-state index contributed by atoms with van der Waals surface area (Å²) in [7, 11) is -3.41. The lowest BCUT2D eigenvalue weighted by Gasteiger charge is -2.23. The molecular weight excluding hydrogens is 440 g/mol. The van der Waals surface area contributed by atoms with E-state index in [-0.39, 0.29) is 18.9 Å². The lowest BCUT2D eigenvalue weighted by Crippen LogP contribution is -2.32. The second kappa shape index (κ2) is 11.6. The largest absolute Gasteiger partial charge is 0.355 e. The second-order valence-electron chi connectivity index (χ2n) is 7.20. The third-order valence-corrected chi connectivity index (χ3v) is 7.30. The molecule has 0 radical (unpaired) electrons. The van der Waals surface area contributed by atoms with E-state index < -0.39 is 10.0 Å². The SMILES string of the molecule is Cc1ccc(N(CCCC(=O)NCCSCc2ccccc2Cl)S(C)(=O)=O)cc1C. The Kier molecular flexibility index (Phi) is 9.52. The lowest BCUT2D eigenvalue weighted by molar-refractivity contribution is -0.121. The summed E-state index contributed by atoms with van der Waals surface area (Å²) in [6, 6.07) is 13.3. The molecule has 0 atom stereocenters. The van der Waals surface area contributed by atoms with E-state index in [9.17, 15) is 13.2 Å². The Balaban J connectivity index is 1.73. The zero-order valence-electron chi connectivity index (χ0n) is 17.7. The van der Waals surface area contributed by atoms with E-state index in [1.807, 2.05) is 50.2 Å². The molecule has 8 heteroatoms. The number of amides is 1. The summed E-state index contributed by atoms with van der Waals surface area (Å²) in [4.78, 5) is 12.1. The van der Waals surface area contributed by atoms with Crippen LogP contribution in [-0.4, -0.2) is 39.4 Å². The minimum atomic E-state index is -3.41. The van der Waals surface area contributed by atoms with Crippen molar-refractivity contribution in [2.24, 2.45) is 0 Å². The van der Waals surface area contributed by atoms with Crippen molar-refractivity contribution in [1.29, 1.82) is 0 Å². The minimum absolute atomic E-state index is 0.0677. The first-order chi connectivity index (χ1) is 14.2. The number of anilines is 1. The van der Waals surface area contributed by atoms with Gasteiger partial charge in [0, 0.05) is 36.0 Å². The fraction of sp³-hybridized carbons (Fsp3) is 0.409. The summed E-state index contributed by atoms with van der Waals surface area (Å²) in [5.41, 5.74) is 3.87. The second-order valence-corrected chi connectivity index (χ2v) is 10.6. The van der Waals surface area contributed by atoms with Crippen molar-refractivity contribution in [3.8, 4) is 0 Å². The minimum Gasteiger partial charge on any atom is -0.355 e. The molecule has 0 aliphatic rings. The number of nitrogens with zero attached hydrogens (tertiary/aromatic N) is 1. The molecule has 1 N–H and O–H groups in total. The van der Waals surface area contributed by atoms with Crippen LogP contribution in [0.3, 0.4) is 0 Å². The van der Waals surface area contributed by atoms with Crippen LogP contribution in [0, 0.1) is 13.8 Å². The van der Waals surface area contributed by atoms with Gasteiger partial charge in [0.25, 0.3) is 0 Å². The van der Waals surface area contributed by atoms with Crippen molar-refractivity contribution in [1.82, 2.24) is 5.32 Å². The van der Waals surface area contributed by atoms with Crippen LogP contribution in [0.15, 0.2) is 42.5 Å². The molecule has 5 nitrogen and oxygen atoms in total. The van der Waals surface area contributed by atoms with Crippen LogP contribution in [0.5, 0.6) is 0 Å². The van der Waals surface area contributed by atoms with Crippen molar-refractivity contribution in [2.75, 3.05) is 29.4 Å². The highest BCUT2D eigenvalue weighted by Gasteiger charge is 2.18. The highest BCUT2D eigenvalue weighted by molar-refractivity contribution is 7.98. The summed E-state index contributed by atoms with van der Waals surface area (Å²) in [5, 5.41) is 3.65. The molecule has 0 aliphatic carbocycles. The molecule has 0 fully saturated rings. The van der Waals surface area contributed by atoms with Crippen molar-refractivity contribution in [3.63, 3.8) is 0 Å². The number of aryl methyl sites for hydroxylation is 2. The third-order valence-electron chi connectivity index (χ3n) is 4.73. The maximum absolute atomic E-state index is 12.2. The standard InChI is InChI=1S/C22H29ClN2O3S2/c1-17-10-11-20(15-18(17)2)25(30(3,27)28)13-6-9-22(26)24-12-14-29-16-19-7-4-5-8-21(19)23/h4-5,7-8,10-11,15H,6,9,12-14,16H2,1-3H3,(H,24,26). The summed E-state index contributed by atoms with van der Waals surface area (Å²) in [6.07, 6.45) is 1.93. The van der Waals surface area contributed by atoms with Gasteiger partial charge in [-0.1, -0.05) is 35.9 Å². The van der Waals surface area contributed by atoms with E-state index in [1.54, 1.807) is 17.8 Å². The van der Waals surface area contributed by atoms with Crippen molar-refractivity contribution in [2.45, 2.75) is 32.4 Å². The maximum atomic E-state index is 12.2. The Bertz CT molecular complexity index is 965. The molecule has 164 valence electrons. The molecule has 0 aromatic heterocycles. The molecule has 1 amide bonds. The van der Waals surface area contributed by atoms with Gasteiger partial charge in [0.1, 0.15) is 0 Å². The molecule has 2 aromatic rings. The van der Waals surface area contributed by atoms with Crippen LogP contribution in [-0.2, 0) is 20.6 Å². The van der Waals surface area contributed by atoms with Gasteiger partial charge in [0.05, 0.1) is 11.9 Å². The normalized spacial score (nSPS) is 11.3. The van der Waals surface area contributed by atoms with Crippen LogP contribution < -0.4 is 9.62 Å². The highest BCUT2D eigenvalue weighted by atomic mass is 35.5. The van der Waals surface area contributed by atoms with E-state index in [1.165, 1.54) is 10.6 Å². The maximum Gasteiger partial charge on any atom is 0.232 e. The van der Waals surface area contributed by atoms with Gasteiger partial charge in [-0.05, 0) is 55.2 Å². The molecule has 0 spiro atoms. The Labute approximate surface area is 189 Å². The van der Waals surface area contributed by atoms with Crippen LogP contribution in [0.25, 0.3) is 0 Å². The van der Waals surface area contributed by atoms with Gasteiger partial charge < -0.3 is 5.32 Å². The fourth-order valence-electron chi connectivity index (χ4n) is 2.90. The lowest BCUT2D eigenvalue weighted by atomic mass is 10.1. The van der Waals surface area contributed by atoms with E-state index in [4.69, 9.17) is 11.6 Å². The summed E-state index contributed by atoms with van der Waals surface area (Å²) >= 11 is 7.84. The molecule has 0 saturated carbocycles. The first-order valence-electron chi connectivity index (χ1n) is 9.81. The number of hydrogen-bond acceptors (Lipinski definition) is 4. The Morgan fingerprint density at radius 3 is 2.53 bits per heavy atom. The van der Waals surface area contributed by atoms with E-state index in [0.29, 0.717) is 18.7 Å². The fourth-order valence-corrected chi connectivity index (χ4v) is 5.00. The first kappa shape index (κ1) is 24.6. The van der Waals surface area contributed by atoms with Crippen molar-refractivity contribution >= 4 is 45.0 Å². The summed E-state index contributed by atoms with van der Waals surface area (Å²) in [5.74, 6) is 1.52. The Hall–Kier alpha value is -1.70. The van der Waals surface area contributed by atoms with E-state index in [0.717, 1.165) is 33.2 Å². The quantitative estimate of drug-likeness (QED) is 0.491. The van der Waals surface area contributed by atoms with Crippen molar-refractivity contribution < 1.29 is 13.2 Å². The van der Waals surface area contributed by atoms with Gasteiger partial charge in [0.2, 0.25) is 15.9 Å². The molecule has 0 bridgehead atoms. The van der Waals surface area contributed by atoms with Gasteiger partial charge in [-0.2, -0.15) is 11.8 Å². The van der Waals surface area contributed by atoms with Crippen molar-refractivity contribution in [3.05, 3.63) is 64.2 Å². The monoisotopic (exact) mass is 468 g/mol. The number of halogens is 1. The average molecular weight is 469 g/mol. The molecule has 0 unspecified atom stereocenters. The smallest absolute Gasteiger partial charge is 0.232 e. The molecule has 0 aliphatic heterocycles. The highest BCUT2D eigenvalue weighted by Crippen LogP contribution is 2.22. The zero-order valence-corrected chi connectivity index (χ0v) is 20.0. The number of benzene rings is 2. The average Bonchev–Trinajstić information content (AvgIpc) is 2.68. The van der Waals surface area contributed by atoms with Gasteiger partial charge in [0.15, 0.2) is 0 Å². The Morgan fingerprint density at radius 2 is 1.87 bits per heavy atom. The molecule has 2 rings (SSSR count). The van der Waals surface area contributed by atoms with E-state index in [2.05, 4.69) is 5.32 Å². The number of nitrogens with one attached hydrogen (secondary N) is 1. The van der Waals surface area contributed by atoms with Gasteiger partial charge in [-0.3, -0.25) is 9.10 Å². The number of sulfonamides is 1. The topological polar surface area (TPSA) is 66.5 Å². The molecule has 2 aromatic carbocycles. The van der Waals surface area contributed by atoms with E-state index >= 15 is 0 Å². The number of carbonyl (C=O) groups is 1. The zero-order chi connectivity index (χ0) is 22.1. The first-order valence-corrected chi connectivity index (χ1v) is 13.2. The third kappa shape index (κ3) is 7.85. The predicted octanol–water partition coefficient (Wildman–Crippen LogP) is 4.55. The van der Waals surface area contributed by atoms with Crippen LogP contribution >= 0.6 is 23.4 Å². The molecule has 0 heterocycles. The van der Waals surface area contributed by atoms with Gasteiger partial charge in [-0.15, -0.1) is 0 Å². The van der Waals surface area contributed by atoms with Gasteiger partial charge in [-0.25, -0.2) is 8.42 Å². The molecule has 0 saturated heterocycles. The number of hydrogen-bond donors (Lipinski definition) is 1. The number of thioether (sulfide) groups is 1. The van der Waals surface area contributed by atoms with Crippen LogP contribution in [0.1, 0.15) is 29.5 Å². The van der Waals surface area contributed by atoms with Gasteiger partial charge >= 0.3 is 0 Å². The number of rotatable bonds is 11. The van der Waals surface area contributed by atoms with Crippen LogP contribution in [0.2, 0.25) is 5.02 Å². The molecular formula is C22H29ClN2O3S2. The van der Waals surface area contributed by atoms with Crippen LogP contribution in [0.4, 0.5) is 5.69 Å². The summed E-state index contributed by atoms with van der Waals surface area (Å²) in [6.45, 7) is 4.79. The number of carbonyl (C=O) groups excluding carboxylic acids is 1. The molecule has 30 heavy (non-hydrogen) atoms.